The average molecular weight is 565 g/mol. The molecule has 0 bridgehead atoms. The Hall–Kier alpha value is -2.70. The van der Waals surface area contributed by atoms with Crippen LogP contribution >= 0.6 is 24.0 Å². The number of hydrogen-bond acceptors (Lipinski definition) is 6. The van der Waals surface area contributed by atoms with Gasteiger partial charge in [0, 0.05) is 20.1 Å². The van der Waals surface area contributed by atoms with Gasteiger partial charge >= 0.3 is 0 Å². The van der Waals surface area contributed by atoms with Crippen LogP contribution in [0.15, 0.2) is 29.3 Å². The Morgan fingerprint density at radius 1 is 1.21 bits per heavy atom. The zero-order chi connectivity index (χ0) is 22.5. The summed E-state index contributed by atoms with van der Waals surface area (Å²) in [6.45, 7) is 5.95. The number of aromatic nitrogens is 6. The number of hydrogen-bond donors (Lipinski definition) is 2. The molecule has 11 heteroatoms. The molecule has 0 saturated heterocycles. The first-order valence-electron chi connectivity index (χ1n) is 11.0. The molecule has 0 aliphatic carbocycles. The first-order valence-corrected chi connectivity index (χ1v) is 11.0. The van der Waals surface area contributed by atoms with Gasteiger partial charge in [-0.3, -0.25) is 0 Å². The molecule has 3 aromatic rings. The van der Waals surface area contributed by atoms with Gasteiger partial charge < -0.3 is 19.9 Å². The van der Waals surface area contributed by atoms with E-state index < -0.39 is 0 Å². The van der Waals surface area contributed by atoms with Gasteiger partial charge in [0.05, 0.1) is 13.2 Å². The summed E-state index contributed by atoms with van der Waals surface area (Å²) in [5.74, 6) is 5.05. The van der Waals surface area contributed by atoms with Gasteiger partial charge in [-0.25, -0.2) is 14.7 Å². The van der Waals surface area contributed by atoms with E-state index in [0.717, 1.165) is 67.4 Å². The van der Waals surface area contributed by atoms with E-state index in [1.165, 1.54) is 5.56 Å². The topological polar surface area (TPSA) is 107 Å². The molecule has 0 spiro atoms. The maximum Gasteiger partial charge on any atom is 0.192 e. The van der Waals surface area contributed by atoms with Crippen molar-refractivity contribution in [2.24, 2.45) is 12.0 Å². The van der Waals surface area contributed by atoms with Gasteiger partial charge in [0.1, 0.15) is 29.8 Å². The minimum Gasteiger partial charge on any atom is -0.497 e. The zero-order valence-corrected chi connectivity index (χ0v) is 21.9. The van der Waals surface area contributed by atoms with Gasteiger partial charge in [0.2, 0.25) is 0 Å². The average Bonchev–Trinajstić information content (AvgIpc) is 3.34. The Morgan fingerprint density at radius 3 is 2.70 bits per heavy atom. The molecular formula is C22H32IN9O. The van der Waals surface area contributed by atoms with Gasteiger partial charge in [-0.15, -0.1) is 34.2 Å². The molecule has 1 aliphatic rings. The van der Waals surface area contributed by atoms with Crippen LogP contribution in [-0.2, 0) is 26.6 Å². The maximum absolute atomic E-state index is 5.24. The summed E-state index contributed by atoms with van der Waals surface area (Å²) in [6.07, 6.45) is 2.91. The van der Waals surface area contributed by atoms with Crippen molar-refractivity contribution in [3.05, 3.63) is 53.1 Å². The lowest BCUT2D eigenvalue weighted by atomic mass is 10.1. The standard InChI is InChI=1S/C22H31N9O.HI/c1-15-25-21-19(6-5-13-31(21)29-15)26-22(24-14-20-28-27-16(2)30(20)3)23-12-11-17-7-9-18(32-4)10-8-17;/h7-10,19H,5-6,11-14H2,1-4H3,(H2,23,24,26);1H. The van der Waals surface area contributed by atoms with Crippen LogP contribution in [0.5, 0.6) is 5.75 Å². The molecule has 0 saturated carbocycles. The Kier molecular flexibility index (Phi) is 8.64. The largest absolute Gasteiger partial charge is 0.497 e. The number of fused-ring (bicyclic) bond motifs is 1. The predicted octanol–water partition coefficient (Wildman–Crippen LogP) is 2.46. The van der Waals surface area contributed by atoms with Crippen LogP contribution in [0.4, 0.5) is 0 Å². The molecule has 1 atom stereocenters. The molecule has 3 heterocycles. The summed E-state index contributed by atoms with van der Waals surface area (Å²) in [7, 11) is 3.63. The molecule has 0 radical (unpaired) electrons. The van der Waals surface area contributed by atoms with Crippen molar-refractivity contribution in [2.75, 3.05) is 13.7 Å². The summed E-state index contributed by atoms with van der Waals surface area (Å²) < 4.78 is 9.20. The van der Waals surface area contributed by atoms with E-state index in [1.54, 1.807) is 7.11 Å². The normalized spacial score (nSPS) is 15.5. The minimum atomic E-state index is 0. The highest BCUT2D eigenvalue weighted by Crippen LogP contribution is 2.22. The Bertz CT molecular complexity index is 1070. The Balaban J connectivity index is 0.00000306. The lowest BCUT2D eigenvalue weighted by Gasteiger charge is -2.25. The number of nitrogens with one attached hydrogen (secondary N) is 2. The summed E-state index contributed by atoms with van der Waals surface area (Å²) in [5, 5.41) is 19.9. The van der Waals surface area contributed by atoms with Crippen molar-refractivity contribution in [1.29, 1.82) is 0 Å². The lowest BCUT2D eigenvalue weighted by Crippen LogP contribution is -2.42. The minimum absolute atomic E-state index is 0. The van der Waals surface area contributed by atoms with E-state index in [-0.39, 0.29) is 30.0 Å². The predicted molar refractivity (Wildman–Crippen MR) is 137 cm³/mol. The van der Waals surface area contributed by atoms with E-state index in [2.05, 4.69) is 43.0 Å². The molecule has 0 amide bonds. The molecule has 0 fully saturated rings. The summed E-state index contributed by atoms with van der Waals surface area (Å²) in [4.78, 5) is 9.43. The summed E-state index contributed by atoms with van der Waals surface area (Å²) in [5.41, 5.74) is 1.23. The number of benzene rings is 1. The highest BCUT2D eigenvalue weighted by Gasteiger charge is 2.24. The van der Waals surface area contributed by atoms with Gasteiger partial charge in [-0.2, -0.15) is 5.10 Å². The van der Waals surface area contributed by atoms with Crippen molar-refractivity contribution in [3.8, 4) is 5.75 Å². The third-order valence-electron chi connectivity index (χ3n) is 5.72. The molecular weight excluding hydrogens is 533 g/mol. The first kappa shape index (κ1) is 24.9. The van der Waals surface area contributed by atoms with Crippen LogP contribution in [0.25, 0.3) is 0 Å². The third-order valence-corrected chi connectivity index (χ3v) is 5.72. The van der Waals surface area contributed by atoms with Crippen molar-refractivity contribution < 1.29 is 4.74 Å². The van der Waals surface area contributed by atoms with Crippen molar-refractivity contribution >= 4 is 29.9 Å². The second-order valence-corrected chi connectivity index (χ2v) is 7.99. The number of rotatable bonds is 7. The maximum atomic E-state index is 5.24. The van der Waals surface area contributed by atoms with E-state index in [1.807, 2.05) is 42.3 Å². The Labute approximate surface area is 211 Å². The van der Waals surface area contributed by atoms with Gasteiger partial charge in [-0.1, -0.05) is 12.1 Å². The van der Waals surface area contributed by atoms with Crippen LogP contribution < -0.4 is 15.4 Å². The second-order valence-electron chi connectivity index (χ2n) is 7.99. The van der Waals surface area contributed by atoms with Gasteiger partial charge in [-0.05, 0) is 50.8 Å². The molecule has 1 aromatic carbocycles. The van der Waals surface area contributed by atoms with Crippen molar-refractivity contribution in [3.63, 3.8) is 0 Å². The number of nitrogens with zero attached hydrogens (tertiary/aromatic N) is 7. The quantitative estimate of drug-likeness (QED) is 0.258. The number of halogens is 1. The monoisotopic (exact) mass is 565 g/mol. The summed E-state index contributed by atoms with van der Waals surface area (Å²) >= 11 is 0. The molecule has 33 heavy (non-hydrogen) atoms. The third kappa shape index (κ3) is 6.21. The van der Waals surface area contributed by atoms with E-state index >= 15 is 0 Å². The molecule has 2 aromatic heterocycles. The smallest absolute Gasteiger partial charge is 0.192 e. The van der Waals surface area contributed by atoms with Gasteiger partial charge in [0.15, 0.2) is 11.8 Å². The number of methoxy groups -OCH3 is 1. The molecule has 1 unspecified atom stereocenters. The van der Waals surface area contributed by atoms with Crippen LogP contribution in [0, 0.1) is 13.8 Å². The SMILES string of the molecule is COc1ccc(CCNC(=NCc2nnc(C)n2C)NC2CCCn3nc(C)nc32)cc1.I. The molecule has 10 nitrogen and oxygen atoms in total. The fourth-order valence-electron chi connectivity index (χ4n) is 3.78. The molecule has 4 rings (SSSR count). The van der Waals surface area contributed by atoms with Gasteiger partial charge in [0.25, 0.3) is 0 Å². The molecule has 2 N–H and O–H groups in total. The highest BCUT2D eigenvalue weighted by molar-refractivity contribution is 14.0. The van der Waals surface area contributed by atoms with Crippen molar-refractivity contribution in [2.45, 2.75) is 52.2 Å². The number of ether oxygens (including phenoxy) is 1. The van der Waals surface area contributed by atoms with Crippen molar-refractivity contribution in [1.82, 2.24) is 40.2 Å². The van der Waals surface area contributed by atoms with Crippen LogP contribution in [0.2, 0.25) is 0 Å². The second kappa shape index (κ2) is 11.4. The zero-order valence-electron chi connectivity index (χ0n) is 19.6. The lowest BCUT2D eigenvalue weighted by molar-refractivity contribution is 0.397. The molecule has 1 aliphatic heterocycles. The van der Waals surface area contributed by atoms with E-state index in [9.17, 15) is 0 Å². The number of aryl methyl sites for hydroxylation is 3. The van der Waals surface area contributed by atoms with Crippen LogP contribution in [-0.4, -0.2) is 49.1 Å². The molecule has 178 valence electrons. The fraction of sp³-hybridized carbons (Fsp3) is 0.500. The van der Waals surface area contributed by atoms with Crippen LogP contribution in [0.1, 0.15) is 47.7 Å². The number of aliphatic imine (C=N–C) groups is 1. The van der Waals surface area contributed by atoms with E-state index in [4.69, 9.17) is 9.73 Å². The number of guanidine groups is 1. The Morgan fingerprint density at radius 2 is 2.00 bits per heavy atom. The fourth-order valence-corrected chi connectivity index (χ4v) is 3.78. The first-order chi connectivity index (χ1) is 15.5. The van der Waals surface area contributed by atoms with E-state index in [0.29, 0.717) is 6.54 Å². The van der Waals surface area contributed by atoms with Crippen LogP contribution in [0.3, 0.4) is 0 Å². The summed E-state index contributed by atoms with van der Waals surface area (Å²) in [6, 6.07) is 8.20. The highest BCUT2D eigenvalue weighted by atomic mass is 127.